The first-order valence-electron chi connectivity index (χ1n) is 7.95. The number of carbonyl (C=O) groups excluding carboxylic acids is 1. The summed E-state index contributed by atoms with van der Waals surface area (Å²) in [6.07, 6.45) is 3.19. The van der Waals surface area contributed by atoms with Gasteiger partial charge in [0.05, 0.1) is 6.10 Å². The molecule has 2 rings (SSSR count). The second-order valence-corrected chi connectivity index (χ2v) is 5.40. The lowest BCUT2D eigenvalue weighted by Crippen LogP contribution is -2.27. The zero-order chi connectivity index (χ0) is 16.7. The van der Waals surface area contributed by atoms with Crippen molar-refractivity contribution in [3.63, 3.8) is 0 Å². The Kier molecular flexibility index (Phi) is 6.61. The van der Waals surface area contributed by atoms with Crippen LogP contribution in [0.15, 0.2) is 10.5 Å². The van der Waals surface area contributed by atoms with Crippen LogP contribution in [0.3, 0.4) is 0 Å². The van der Waals surface area contributed by atoms with Crippen molar-refractivity contribution in [2.45, 2.75) is 38.7 Å². The quantitative estimate of drug-likeness (QED) is 0.708. The number of ether oxygens (including phenoxy) is 2. The lowest BCUT2D eigenvalue weighted by molar-refractivity contribution is -0.0321. The van der Waals surface area contributed by atoms with Crippen LogP contribution in [0.5, 0.6) is 0 Å². The van der Waals surface area contributed by atoms with Crippen molar-refractivity contribution in [2.75, 3.05) is 26.4 Å². The third kappa shape index (κ3) is 5.07. The molecular formula is C16H23NO6. The summed E-state index contributed by atoms with van der Waals surface area (Å²) in [7, 11) is 0. The Balaban J connectivity index is 1.71. The monoisotopic (exact) mass is 325 g/mol. The molecule has 0 radical (unpaired) electrons. The highest BCUT2D eigenvalue weighted by molar-refractivity contribution is 5.96. The third-order valence-corrected chi connectivity index (χ3v) is 3.71. The molecule has 0 unspecified atom stereocenters. The summed E-state index contributed by atoms with van der Waals surface area (Å²) in [4.78, 5) is 23.0. The van der Waals surface area contributed by atoms with Crippen LogP contribution in [0.1, 0.15) is 52.9 Å². The number of carboxylic acids is 1. The number of hydrogen-bond acceptors (Lipinski definition) is 5. The summed E-state index contributed by atoms with van der Waals surface area (Å²) in [6, 6.07) is 1.27. The van der Waals surface area contributed by atoms with Gasteiger partial charge in [0, 0.05) is 38.9 Å². The minimum absolute atomic E-state index is 0.0320. The average molecular weight is 325 g/mol. The molecule has 0 atom stereocenters. The largest absolute Gasteiger partial charge is 0.478 e. The van der Waals surface area contributed by atoms with E-state index in [1.165, 1.54) is 6.07 Å². The molecule has 1 aromatic heterocycles. The molecule has 2 heterocycles. The number of aromatic carboxylic acids is 1. The molecule has 1 aliphatic heterocycles. The molecule has 1 aliphatic rings. The molecule has 7 nitrogen and oxygen atoms in total. The van der Waals surface area contributed by atoms with E-state index < -0.39 is 11.9 Å². The van der Waals surface area contributed by atoms with Gasteiger partial charge in [-0.3, -0.25) is 4.79 Å². The van der Waals surface area contributed by atoms with Crippen LogP contribution >= 0.6 is 0 Å². The molecule has 0 spiro atoms. The van der Waals surface area contributed by atoms with Crippen LogP contribution in [-0.2, 0) is 15.9 Å². The first-order chi connectivity index (χ1) is 11.1. The number of rotatable bonds is 8. The van der Waals surface area contributed by atoms with Crippen molar-refractivity contribution >= 4 is 11.9 Å². The van der Waals surface area contributed by atoms with Gasteiger partial charge in [0.15, 0.2) is 5.76 Å². The number of carbonyl (C=O) groups is 2. The highest BCUT2D eigenvalue weighted by Gasteiger charge is 2.19. The second-order valence-electron chi connectivity index (χ2n) is 5.40. The standard InChI is InChI=1S/C16H23NO6/c1-2-13-12(16(19)20)10-14(23-13)15(18)17-6-3-7-22-11-4-8-21-9-5-11/h10-11H,2-9H2,1H3,(H,17,18)(H,19,20). The minimum atomic E-state index is -1.09. The SMILES string of the molecule is CCc1oc(C(=O)NCCCOC2CCOCC2)cc1C(=O)O. The molecule has 1 aromatic rings. The van der Waals surface area contributed by atoms with Crippen molar-refractivity contribution in [3.05, 3.63) is 23.2 Å². The molecule has 1 saturated heterocycles. The second kappa shape index (κ2) is 8.69. The number of hydrogen-bond donors (Lipinski definition) is 2. The molecule has 0 bridgehead atoms. The maximum atomic E-state index is 12.0. The predicted molar refractivity (Wildman–Crippen MR) is 81.8 cm³/mol. The van der Waals surface area contributed by atoms with Gasteiger partial charge in [-0.15, -0.1) is 0 Å². The minimum Gasteiger partial charge on any atom is -0.478 e. The summed E-state index contributed by atoms with van der Waals surface area (Å²) in [5.41, 5.74) is 0.0421. The van der Waals surface area contributed by atoms with E-state index in [1.54, 1.807) is 6.92 Å². The van der Waals surface area contributed by atoms with Gasteiger partial charge in [-0.05, 0) is 19.3 Å². The maximum absolute atomic E-state index is 12.0. The van der Waals surface area contributed by atoms with Crippen molar-refractivity contribution < 1.29 is 28.6 Å². The first kappa shape index (κ1) is 17.5. The molecule has 1 amide bonds. The molecule has 128 valence electrons. The molecular weight excluding hydrogens is 302 g/mol. The summed E-state index contributed by atoms with van der Waals surface area (Å²) >= 11 is 0. The van der Waals surface area contributed by atoms with Crippen molar-refractivity contribution in [1.29, 1.82) is 0 Å². The molecule has 23 heavy (non-hydrogen) atoms. The van der Waals surface area contributed by atoms with Crippen molar-refractivity contribution in [1.82, 2.24) is 5.32 Å². The van der Waals surface area contributed by atoms with Crippen LogP contribution in [0.2, 0.25) is 0 Å². The van der Waals surface area contributed by atoms with Gasteiger partial charge < -0.3 is 24.3 Å². The van der Waals surface area contributed by atoms with Crippen LogP contribution in [0.4, 0.5) is 0 Å². The summed E-state index contributed by atoms with van der Waals surface area (Å²) in [5.74, 6) is -1.15. The predicted octanol–water partition coefficient (Wildman–Crippen LogP) is 1.86. The lowest BCUT2D eigenvalue weighted by Gasteiger charge is -2.22. The number of furan rings is 1. The Morgan fingerprint density at radius 1 is 1.39 bits per heavy atom. The number of aryl methyl sites for hydroxylation is 1. The Morgan fingerprint density at radius 3 is 2.74 bits per heavy atom. The van der Waals surface area contributed by atoms with Gasteiger partial charge in [0.2, 0.25) is 0 Å². The summed E-state index contributed by atoms with van der Waals surface area (Å²) in [6.45, 7) is 4.29. The fourth-order valence-corrected chi connectivity index (χ4v) is 2.44. The third-order valence-electron chi connectivity index (χ3n) is 3.71. The fraction of sp³-hybridized carbons (Fsp3) is 0.625. The fourth-order valence-electron chi connectivity index (χ4n) is 2.44. The van der Waals surface area contributed by atoms with Crippen LogP contribution in [0, 0.1) is 0 Å². The van der Waals surface area contributed by atoms with Crippen LogP contribution in [-0.4, -0.2) is 49.5 Å². The maximum Gasteiger partial charge on any atom is 0.339 e. The number of carboxylic acid groups (broad SMARTS) is 1. The highest BCUT2D eigenvalue weighted by atomic mass is 16.5. The zero-order valence-electron chi connectivity index (χ0n) is 13.3. The van der Waals surface area contributed by atoms with Gasteiger partial charge in [-0.2, -0.15) is 0 Å². The zero-order valence-corrected chi connectivity index (χ0v) is 13.3. The van der Waals surface area contributed by atoms with Gasteiger partial charge in [-0.1, -0.05) is 6.92 Å². The van der Waals surface area contributed by atoms with Crippen LogP contribution < -0.4 is 5.32 Å². The van der Waals surface area contributed by atoms with Gasteiger partial charge in [0.25, 0.3) is 5.91 Å². The molecule has 1 fully saturated rings. The number of nitrogens with one attached hydrogen (secondary N) is 1. The molecule has 0 aliphatic carbocycles. The first-order valence-corrected chi connectivity index (χ1v) is 7.95. The Morgan fingerprint density at radius 2 is 2.13 bits per heavy atom. The Bertz CT molecular complexity index is 533. The normalized spacial score (nSPS) is 15.5. The van der Waals surface area contributed by atoms with E-state index in [9.17, 15) is 9.59 Å². The Hall–Kier alpha value is -1.86. The van der Waals surface area contributed by atoms with E-state index in [4.69, 9.17) is 19.0 Å². The van der Waals surface area contributed by atoms with Gasteiger partial charge in [0.1, 0.15) is 11.3 Å². The summed E-state index contributed by atoms with van der Waals surface area (Å²) in [5, 5.41) is 11.8. The van der Waals surface area contributed by atoms with E-state index in [2.05, 4.69) is 5.32 Å². The molecule has 2 N–H and O–H groups in total. The van der Waals surface area contributed by atoms with E-state index >= 15 is 0 Å². The topological polar surface area (TPSA) is 98.0 Å². The van der Waals surface area contributed by atoms with E-state index in [0.29, 0.717) is 31.8 Å². The lowest BCUT2D eigenvalue weighted by atomic mass is 10.1. The van der Waals surface area contributed by atoms with Gasteiger partial charge in [-0.25, -0.2) is 4.79 Å². The average Bonchev–Trinajstić information content (AvgIpc) is 3.00. The van der Waals surface area contributed by atoms with E-state index in [-0.39, 0.29) is 17.4 Å². The van der Waals surface area contributed by atoms with E-state index in [1.807, 2.05) is 0 Å². The molecule has 0 saturated carbocycles. The highest BCUT2D eigenvalue weighted by Crippen LogP contribution is 2.16. The van der Waals surface area contributed by atoms with Crippen molar-refractivity contribution in [2.24, 2.45) is 0 Å². The smallest absolute Gasteiger partial charge is 0.339 e. The molecule has 7 heteroatoms. The molecule has 0 aromatic carbocycles. The Labute approximate surface area is 134 Å². The summed E-state index contributed by atoms with van der Waals surface area (Å²) < 4.78 is 16.3. The van der Waals surface area contributed by atoms with Crippen molar-refractivity contribution in [3.8, 4) is 0 Å². The van der Waals surface area contributed by atoms with E-state index in [0.717, 1.165) is 26.1 Å². The van der Waals surface area contributed by atoms with Crippen LogP contribution in [0.25, 0.3) is 0 Å². The van der Waals surface area contributed by atoms with Gasteiger partial charge >= 0.3 is 5.97 Å². The number of amides is 1.